The maximum absolute atomic E-state index is 10.6. The third-order valence-corrected chi connectivity index (χ3v) is 3.35. The van der Waals surface area contributed by atoms with Gasteiger partial charge in [-0.05, 0) is 29.1 Å². The van der Waals surface area contributed by atoms with Gasteiger partial charge >= 0.3 is 0 Å². The first-order valence-electron chi connectivity index (χ1n) is 4.02. The molecule has 2 aromatic rings. The molecule has 0 saturated carbocycles. The molecule has 1 N–H and O–H groups in total. The van der Waals surface area contributed by atoms with Crippen molar-refractivity contribution in [2.45, 2.75) is 6.61 Å². The molecule has 2 rings (SSSR count). The Kier molecular flexibility index (Phi) is 2.54. The molecule has 1 aromatic carbocycles. The molecule has 2 nitrogen and oxygen atoms in total. The quantitative estimate of drug-likeness (QED) is 0.800. The number of benzene rings is 1. The van der Waals surface area contributed by atoms with Crippen LogP contribution in [0, 0.1) is 0 Å². The molecule has 0 fully saturated rings. The molecule has 1 heterocycles. The number of thiophene rings is 1. The largest absolute Gasteiger partial charge is 0.392 e. The number of fused-ring (bicyclic) bond motifs is 1. The van der Waals surface area contributed by atoms with Crippen LogP contribution in [0.15, 0.2) is 18.2 Å². The summed E-state index contributed by atoms with van der Waals surface area (Å²) in [4.78, 5) is 10.6. The lowest BCUT2D eigenvalue weighted by molar-refractivity contribution is 0.112. The topological polar surface area (TPSA) is 37.3 Å². The molecule has 72 valence electrons. The van der Waals surface area contributed by atoms with Gasteiger partial charge in [0, 0.05) is 10.3 Å². The third-order valence-electron chi connectivity index (χ3n) is 1.99. The highest BCUT2D eigenvalue weighted by atomic mass is 35.5. The van der Waals surface area contributed by atoms with Crippen molar-refractivity contribution in [3.05, 3.63) is 33.7 Å². The fourth-order valence-corrected chi connectivity index (χ4v) is 2.63. The van der Waals surface area contributed by atoms with Crippen molar-refractivity contribution >= 4 is 39.3 Å². The second-order valence-electron chi connectivity index (χ2n) is 2.92. The lowest BCUT2D eigenvalue weighted by Gasteiger charge is -1.99. The van der Waals surface area contributed by atoms with E-state index in [2.05, 4.69) is 0 Å². The van der Waals surface area contributed by atoms with Gasteiger partial charge < -0.3 is 5.11 Å². The van der Waals surface area contributed by atoms with Crippen LogP contribution < -0.4 is 0 Å². The van der Waals surface area contributed by atoms with Crippen molar-refractivity contribution in [3.63, 3.8) is 0 Å². The van der Waals surface area contributed by atoms with E-state index < -0.39 is 0 Å². The summed E-state index contributed by atoms with van der Waals surface area (Å²) in [6, 6.07) is 5.25. The zero-order valence-electron chi connectivity index (χ0n) is 7.16. The van der Waals surface area contributed by atoms with Gasteiger partial charge in [0.05, 0.1) is 10.9 Å². The molecular weight excluding hydrogens is 220 g/mol. The number of carbonyl (C=O) groups excluding carboxylic acids is 1. The zero-order valence-corrected chi connectivity index (χ0v) is 8.73. The van der Waals surface area contributed by atoms with Crippen LogP contribution >= 0.6 is 22.9 Å². The van der Waals surface area contributed by atoms with Crippen LogP contribution in [0.1, 0.15) is 15.9 Å². The number of rotatable bonds is 2. The fourth-order valence-electron chi connectivity index (χ4n) is 1.41. The lowest BCUT2D eigenvalue weighted by atomic mass is 10.1. The van der Waals surface area contributed by atoms with E-state index in [4.69, 9.17) is 16.7 Å². The Bertz CT molecular complexity index is 490. The molecule has 0 atom stereocenters. The van der Waals surface area contributed by atoms with Gasteiger partial charge in [0.25, 0.3) is 0 Å². The number of hydrogen-bond acceptors (Lipinski definition) is 3. The van der Waals surface area contributed by atoms with Crippen molar-refractivity contribution in [2.24, 2.45) is 0 Å². The highest BCUT2D eigenvalue weighted by Gasteiger charge is 2.06. The van der Waals surface area contributed by atoms with Crippen LogP contribution in [0.3, 0.4) is 0 Å². The minimum Gasteiger partial charge on any atom is -0.392 e. The van der Waals surface area contributed by atoms with Crippen LogP contribution in [0.5, 0.6) is 0 Å². The summed E-state index contributed by atoms with van der Waals surface area (Å²) in [5, 5.41) is 10.0. The van der Waals surface area contributed by atoms with Crippen molar-refractivity contribution in [2.75, 3.05) is 0 Å². The van der Waals surface area contributed by atoms with Crippen molar-refractivity contribution in [1.29, 1.82) is 0 Å². The average molecular weight is 227 g/mol. The van der Waals surface area contributed by atoms with Gasteiger partial charge in [0.15, 0.2) is 0 Å². The SMILES string of the molecule is O=Cc1cc(CO)c2sc(Cl)cc2c1. The summed E-state index contributed by atoms with van der Waals surface area (Å²) in [5.74, 6) is 0. The van der Waals surface area contributed by atoms with E-state index in [1.54, 1.807) is 18.2 Å². The van der Waals surface area contributed by atoms with Gasteiger partial charge in [-0.15, -0.1) is 11.3 Å². The second kappa shape index (κ2) is 3.69. The summed E-state index contributed by atoms with van der Waals surface area (Å²) >= 11 is 7.27. The predicted molar refractivity (Wildman–Crippen MR) is 58.1 cm³/mol. The molecule has 0 unspecified atom stereocenters. The van der Waals surface area contributed by atoms with Gasteiger partial charge in [-0.1, -0.05) is 11.6 Å². The van der Waals surface area contributed by atoms with E-state index in [1.165, 1.54) is 11.3 Å². The number of halogens is 1. The predicted octanol–water partition coefficient (Wildman–Crippen LogP) is 2.86. The molecule has 14 heavy (non-hydrogen) atoms. The molecule has 0 amide bonds. The van der Waals surface area contributed by atoms with E-state index in [1.807, 2.05) is 0 Å². The summed E-state index contributed by atoms with van der Waals surface area (Å²) in [6.07, 6.45) is 0.768. The number of aldehydes is 1. The summed E-state index contributed by atoms with van der Waals surface area (Å²) in [7, 11) is 0. The van der Waals surface area contributed by atoms with Gasteiger partial charge in [-0.25, -0.2) is 0 Å². The molecule has 1 aromatic heterocycles. The first-order chi connectivity index (χ1) is 6.74. The van der Waals surface area contributed by atoms with E-state index in [0.717, 1.165) is 21.9 Å². The summed E-state index contributed by atoms with van der Waals surface area (Å²) in [6.45, 7) is -0.0744. The Morgan fingerprint density at radius 3 is 2.86 bits per heavy atom. The van der Waals surface area contributed by atoms with Crippen molar-refractivity contribution < 1.29 is 9.90 Å². The molecule has 0 bridgehead atoms. The van der Waals surface area contributed by atoms with Crippen LogP contribution in [-0.4, -0.2) is 11.4 Å². The Morgan fingerprint density at radius 1 is 1.43 bits per heavy atom. The number of aliphatic hydroxyl groups excluding tert-OH is 1. The van der Waals surface area contributed by atoms with E-state index in [9.17, 15) is 4.79 Å². The fraction of sp³-hybridized carbons (Fsp3) is 0.100. The smallest absolute Gasteiger partial charge is 0.150 e. The molecule has 0 aliphatic heterocycles. The van der Waals surface area contributed by atoms with Gasteiger partial charge in [0.1, 0.15) is 6.29 Å². The molecule has 0 aliphatic carbocycles. The minimum absolute atomic E-state index is 0.0744. The third kappa shape index (κ3) is 1.54. The van der Waals surface area contributed by atoms with E-state index in [-0.39, 0.29) is 6.61 Å². The lowest BCUT2D eigenvalue weighted by Crippen LogP contribution is -1.87. The molecule has 4 heteroatoms. The number of aliphatic hydroxyl groups is 1. The molecule has 0 spiro atoms. The average Bonchev–Trinajstić information content (AvgIpc) is 2.56. The Hall–Kier alpha value is -0.900. The van der Waals surface area contributed by atoms with Crippen molar-refractivity contribution in [1.82, 2.24) is 0 Å². The molecular formula is C10H7ClO2S. The Morgan fingerprint density at radius 2 is 2.21 bits per heavy atom. The highest BCUT2D eigenvalue weighted by molar-refractivity contribution is 7.22. The Labute approximate surface area is 89.7 Å². The first kappa shape index (κ1) is 9.65. The minimum atomic E-state index is -0.0744. The van der Waals surface area contributed by atoms with Gasteiger partial charge in [-0.2, -0.15) is 0 Å². The zero-order chi connectivity index (χ0) is 10.1. The van der Waals surface area contributed by atoms with Gasteiger partial charge in [0.2, 0.25) is 0 Å². The molecule has 0 saturated heterocycles. The summed E-state index contributed by atoms with van der Waals surface area (Å²) in [5.41, 5.74) is 1.32. The molecule has 0 radical (unpaired) electrons. The van der Waals surface area contributed by atoms with Crippen LogP contribution in [-0.2, 0) is 6.61 Å². The number of carbonyl (C=O) groups is 1. The normalized spacial score (nSPS) is 10.7. The van der Waals surface area contributed by atoms with E-state index in [0.29, 0.717) is 9.90 Å². The standard InChI is InChI=1S/C10H7ClO2S/c11-9-3-7-1-6(4-12)2-8(5-13)10(7)14-9/h1-4,13H,5H2. The molecule has 0 aliphatic rings. The van der Waals surface area contributed by atoms with Gasteiger partial charge in [-0.3, -0.25) is 4.79 Å². The van der Waals surface area contributed by atoms with Crippen LogP contribution in [0.2, 0.25) is 4.34 Å². The van der Waals surface area contributed by atoms with Crippen LogP contribution in [0.4, 0.5) is 0 Å². The first-order valence-corrected chi connectivity index (χ1v) is 5.22. The highest BCUT2D eigenvalue weighted by Crippen LogP contribution is 2.32. The van der Waals surface area contributed by atoms with Crippen molar-refractivity contribution in [3.8, 4) is 0 Å². The van der Waals surface area contributed by atoms with E-state index >= 15 is 0 Å². The van der Waals surface area contributed by atoms with Crippen LogP contribution in [0.25, 0.3) is 10.1 Å². The monoisotopic (exact) mass is 226 g/mol. The second-order valence-corrected chi connectivity index (χ2v) is 4.61. The maximum atomic E-state index is 10.6. The summed E-state index contributed by atoms with van der Waals surface area (Å²) < 4.78 is 1.61. The Balaban J connectivity index is 2.78. The number of hydrogen-bond donors (Lipinski definition) is 1. The maximum Gasteiger partial charge on any atom is 0.150 e.